The lowest BCUT2D eigenvalue weighted by molar-refractivity contribution is -0.161. The van der Waals surface area contributed by atoms with Crippen LogP contribution in [0.2, 0.25) is 0 Å². The van der Waals surface area contributed by atoms with Crippen LogP contribution in [-0.2, 0) is 19.1 Å². The van der Waals surface area contributed by atoms with Crippen LogP contribution in [0.25, 0.3) is 0 Å². The Labute approximate surface area is 87.7 Å². The van der Waals surface area contributed by atoms with Crippen molar-refractivity contribution >= 4 is 17.8 Å². The number of hydrogen-bond donors (Lipinski definition) is 0. The van der Waals surface area contributed by atoms with Crippen molar-refractivity contribution in [3.05, 3.63) is 12.2 Å². The van der Waals surface area contributed by atoms with E-state index < -0.39 is 18.1 Å². The molecule has 1 aliphatic heterocycles. The normalized spacial score (nSPS) is 20.3. The van der Waals surface area contributed by atoms with E-state index in [0.29, 0.717) is 6.42 Å². The van der Waals surface area contributed by atoms with E-state index in [0.717, 1.165) is 4.90 Å². The van der Waals surface area contributed by atoms with Crippen LogP contribution < -0.4 is 0 Å². The topological polar surface area (TPSA) is 63.7 Å². The zero-order valence-corrected chi connectivity index (χ0v) is 8.78. The molecule has 5 heteroatoms. The van der Waals surface area contributed by atoms with Crippen molar-refractivity contribution in [2.75, 3.05) is 0 Å². The van der Waals surface area contributed by atoms with Gasteiger partial charge >= 0.3 is 5.97 Å². The molecule has 0 aromatic heterocycles. The maximum atomic E-state index is 11.6. The first-order valence-corrected chi connectivity index (χ1v) is 4.62. The maximum absolute atomic E-state index is 11.6. The molecule has 15 heavy (non-hydrogen) atoms. The number of imide groups is 1. The summed E-state index contributed by atoms with van der Waals surface area (Å²) >= 11 is 0. The smallest absolute Gasteiger partial charge is 0.304 e. The molecule has 5 nitrogen and oxygen atoms in total. The number of hydrogen-bond acceptors (Lipinski definition) is 4. The highest BCUT2D eigenvalue weighted by Crippen LogP contribution is 2.21. The van der Waals surface area contributed by atoms with E-state index in [1.807, 2.05) is 0 Å². The minimum absolute atomic E-state index is 0.219. The van der Waals surface area contributed by atoms with Crippen LogP contribution in [0.1, 0.15) is 26.7 Å². The lowest BCUT2D eigenvalue weighted by atomic mass is 10.3. The fourth-order valence-electron chi connectivity index (χ4n) is 1.41. The summed E-state index contributed by atoms with van der Waals surface area (Å²) in [7, 11) is 0. The molecule has 82 valence electrons. The Bertz CT molecular complexity index is 334. The van der Waals surface area contributed by atoms with Crippen LogP contribution >= 0.6 is 0 Å². The molecule has 1 atom stereocenters. The lowest BCUT2D eigenvalue weighted by Crippen LogP contribution is -2.41. The number of likely N-dealkylation sites (tertiary alicyclic amines) is 1. The first-order valence-electron chi connectivity index (χ1n) is 4.62. The van der Waals surface area contributed by atoms with Crippen LogP contribution in [-0.4, -0.2) is 28.9 Å². The number of carbonyl (C=O) groups is 3. The average Bonchev–Trinajstić information content (AvgIpc) is 2.45. The first-order chi connectivity index (χ1) is 6.93. The van der Waals surface area contributed by atoms with Crippen molar-refractivity contribution in [1.29, 1.82) is 0 Å². The SMILES string of the molecule is C=C(C)C(=O)N1C(=O)CCC1OC(C)=O. The Balaban J connectivity index is 2.81. The summed E-state index contributed by atoms with van der Waals surface area (Å²) in [6, 6.07) is 0. The number of rotatable bonds is 2. The van der Waals surface area contributed by atoms with Gasteiger partial charge in [0.25, 0.3) is 5.91 Å². The highest BCUT2D eigenvalue weighted by molar-refractivity contribution is 6.04. The van der Waals surface area contributed by atoms with Crippen molar-refractivity contribution in [3.63, 3.8) is 0 Å². The highest BCUT2D eigenvalue weighted by atomic mass is 16.6. The standard InChI is InChI=1S/C10H13NO4/c1-6(2)10(14)11-8(13)4-5-9(11)15-7(3)12/h9H,1,4-5H2,2-3H3. The van der Waals surface area contributed by atoms with E-state index in [1.165, 1.54) is 13.8 Å². The second-order valence-electron chi connectivity index (χ2n) is 3.45. The van der Waals surface area contributed by atoms with Crippen molar-refractivity contribution < 1.29 is 19.1 Å². The molecule has 0 aromatic carbocycles. The zero-order chi connectivity index (χ0) is 11.6. The summed E-state index contributed by atoms with van der Waals surface area (Å²) in [4.78, 5) is 34.7. The van der Waals surface area contributed by atoms with Gasteiger partial charge in [-0.25, -0.2) is 4.90 Å². The van der Waals surface area contributed by atoms with E-state index in [9.17, 15) is 14.4 Å². The Morgan fingerprint density at radius 1 is 1.47 bits per heavy atom. The monoisotopic (exact) mass is 211 g/mol. The van der Waals surface area contributed by atoms with Crippen LogP contribution in [0.4, 0.5) is 0 Å². The second-order valence-corrected chi connectivity index (χ2v) is 3.45. The summed E-state index contributed by atoms with van der Waals surface area (Å²) in [5.74, 6) is -1.31. The lowest BCUT2D eigenvalue weighted by Gasteiger charge is -2.22. The molecule has 0 radical (unpaired) electrons. The van der Waals surface area contributed by atoms with Gasteiger partial charge in [0.05, 0.1) is 0 Å². The Morgan fingerprint density at radius 3 is 2.53 bits per heavy atom. The molecule has 1 unspecified atom stereocenters. The largest absolute Gasteiger partial charge is 0.441 e. The van der Waals surface area contributed by atoms with Gasteiger partial charge in [0.1, 0.15) is 0 Å². The molecule has 0 aromatic rings. The Kier molecular flexibility index (Phi) is 3.24. The predicted octanol–water partition coefficient (Wildman–Crippen LogP) is 0.601. The van der Waals surface area contributed by atoms with E-state index in [4.69, 9.17) is 4.74 Å². The molecule has 1 heterocycles. The fourth-order valence-corrected chi connectivity index (χ4v) is 1.41. The number of carbonyl (C=O) groups excluding carboxylic acids is 3. The van der Waals surface area contributed by atoms with Gasteiger partial charge in [-0.1, -0.05) is 6.58 Å². The van der Waals surface area contributed by atoms with Crippen LogP contribution in [0.5, 0.6) is 0 Å². The molecule has 2 amide bonds. The van der Waals surface area contributed by atoms with Crippen LogP contribution in [0.3, 0.4) is 0 Å². The highest BCUT2D eigenvalue weighted by Gasteiger charge is 2.37. The molecule has 1 rings (SSSR count). The van der Waals surface area contributed by atoms with Gasteiger partial charge in [-0.3, -0.25) is 14.4 Å². The van der Waals surface area contributed by atoms with Crippen molar-refractivity contribution in [2.45, 2.75) is 32.9 Å². The van der Waals surface area contributed by atoms with Gasteiger partial charge in [-0.2, -0.15) is 0 Å². The van der Waals surface area contributed by atoms with E-state index >= 15 is 0 Å². The Hall–Kier alpha value is -1.65. The van der Waals surface area contributed by atoms with E-state index in [-0.39, 0.29) is 17.9 Å². The van der Waals surface area contributed by atoms with Gasteiger partial charge < -0.3 is 4.74 Å². The van der Waals surface area contributed by atoms with Gasteiger partial charge in [0.15, 0.2) is 6.23 Å². The number of amides is 2. The molecular formula is C10H13NO4. The minimum atomic E-state index is -0.765. The van der Waals surface area contributed by atoms with Gasteiger partial charge in [0.2, 0.25) is 5.91 Å². The first kappa shape index (κ1) is 11.4. The van der Waals surface area contributed by atoms with Crippen molar-refractivity contribution in [2.24, 2.45) is 0 Å². The number of ether oxygens (including phenoxy) is 1. The molecule has 0 bridgehead atoms. The minimum Gasteiger partial charge on any atom is -0.441 e. The summed E-state index contributed by atoms with van der Waals surface area (Å²) in [6.45, 7) is 6.22. The summed E-state index contributed by atoms with van der Waals surface area (Å²) < 4.78 is 4.87. The van der Waals surface area contributed by atoms with Crippen LogP contribution in [0.15, 0.2) is 12.2 Å². The zero-order valence-electron chi connectivity index (χ0n) is 8.78. The number of esters is 1. The molecule has 1 fully saturated rings. The average molecular weight is 211 g/mol. The molecule has 1 aliphatic rings. The summed E-state index contributed by atoms with van der Waals surface area (Å²) in [6.07, 6.45) is -0.187. The molecule has 0 saturated carbocycles. The summed E-state index contributed by atoms with van der Waals surface area (Å²) in [5, 5.41) is 0. The summed E-state index contributed by atoms with van der Waals surface area (Å²) in [5.41, 5.74) is 0.252. The van der Waals surface area contributed by atoms with Crippen molar-refractivity contribution in [1.82, 2.24) is 4.90 Å². The molecular weight excluding hydrogens is 198 g/mol. The second kappa shape index (κ2) is 4.25. The quantitative estimate of drug-likeness (QED) is 0.495. The third kappa shape index (κ3) is 2.43. The van der Waals surface area contributed by atoms with Gasteiger partial charge in [-0.15, -0.1) is 0 Å². The van der Waals surface area contributed by atoms with Gasteiger partial charge in [0, 0.05) is 25.3 Å². The van der Waals surface area contributed by atoms with Crippen LogP contribution in [0, 0.1) is 0 Å². The maximum Gasteiger partial charge on any atom is 0.304 e. The molecule has 1 saturated heterocycles. The number of nitrogens with zero attached hydrogens (tertiary/aromatic N) is 1. The van der Waals surface area contributed by atoms with E-state index in [2.05, 4.69) is 6.58 Å². The molecule has 0 spiro atoms. The Morgan fingerprint density at radius 2 is 2.07 bits per heavy atom. The fraction of sp³-hybridized carbons (Fsp3) is 0.500. The van der Waals surface area contributed by atoms with E-state index in [1.54, 1.807) is 0 Å². The third-order valence-electron chi connectivity index (χ3n) is 2.05. The molecule has 0 N–H and O–H groups in total. The predicted molar refractivity (Wildman–Crippen MR) is 51.5 cm³/mol. The van der Waals surface area contributed by atoms with Gasteiger partial charge in [-0.05, 0) is 6.92 Å². The third-order valence-corrected chi connectivity index (χ3v) is 2.05. The van der Waals surface area contributed by atoms with Crippen molar-refractivity contribution in [3.8, 4) is 0 Å². The molecule has 0 aliphatic carbocycles.